The van der Waals surface area contributed by atoms with Crippen molar-refractivity contribution in [2.45, 2.75) is 65.9 Å². The molecule has 0 atom stereocenters. The lowest BCUT2D eigenvalue weighted by Crippen LogP contribution is -2.24. The van der Waals surface area contributed by atoms with Crippen molar-refractivity contribution in [2.75, 3.05) is 0 Å². The first-order valence-electron chi connectivity index (χ1n) is 8.35. The molecular formula is C20H27BrO2. The fourth-order valence-electron chi connectivity index (χ4n) is 3.30. The van der Waals surface area contributed by atoms with Crippen LogP contribution in [0.4, 0.5) is 0 Å². The molecule has 0 bridgehead atoms. The Labute approximate surface area is 148 Å². The zero-order valence-electron chi connectivity index (χ0n) is 15.0. The number of benzene rings is 1. The van der Waals surface area contributed by atoms with E-state index in [1.54, 1.807) is 0 Å². The quantitative estimate of drug-likeness (QED) is 0.614. The summed E-state index contributed by atoms with van der Waals surface area (Å²) in [5.74, 6) is 1.28. The molecule has 0 fully saturated rings. The van der Waals surface area contributed by atoms with Crippen molar-refractivity contribution < 1.29 is 9.53 Å². The summed E-state index contributed by atoms with van der Waals surface area (Å²) in [5.41, 5.74) is 4.93. The fraction of sp³-hybridized carbons (Fsp3) is 0.550. The molecule has 0 radical (unpaired) electrons. The van der Waals surface area contributed by atoms with Crippen molar-refractivity contribution in [1.82, 2.24) is 0 Å². The van der Waals surface area contributed by atoms with Crippen LogP contribution < -0.4 is 4.74 Å². The van der Waals surface area contributed by atoms with Crippen LogP contribution in [-0.4, -0.2) is 12.4 Å². The first-order valence-corrected chi connectivity index (χ1v) is 9.15. The molecule has 1 aromatic rings. The predicted molar refractivity (Wildman–Crippen MR) is 100 cm³/mol. The van der Waals surface area contributed by atoms with E-state index in [1.807, 2.05) is 13.8 Å². The highest BCUT2D eigenvalue weighted by Gasteiger charge is 2.33. The topological polar surface area (TPSA) is 26.3 Å². The van der Waals surface area contributed by atoms with Gasteiger partial charge in [0.05, 0.1) is 10.6 Å². The van der Waals surface area contributed by atoms with Gasteiger partial charge in [-0.2, -0.15) is 0 Å². The fourth-order valence-corrected chi connectivity index (χ4v) is 4.40. The molecule has 0 spiro atoms. The van der Waals surface area contributed by atoms with Gasteiger partial charge in [0, 0.05) is 12.0 Å². The maximum absolute atomic E-state index is 11.1. The standard InChI is InChI=1S/C20H27BrO2/c1-12(2)15-7-9-20(5,6)17-16(15)11-14(8-10-22)19(18(17)21)23-13(3)4/h7,10-13H,8-9H2,1-6H3. The van der Waals surface area contributed by atoms with Gasteiger partial charge in [0.15, 0.2) is 0 Å². The summed E-state index contributed by atoms with van der Waals surface area (Å²) in [6.07, 6.45) is 4.77. The van der Waals surface area contributed by atoms with E-state index in [9.17, 15) is 4.79 Å². The third-order valence-corrected chi connectivity index (χ3v) is 5.15. The number of hydrogen-bond donors (Lipinski definition) is 0. The highest BCUT2D eigenvalue weighted by molar-refractivity contribution is 9.10. The molecule has 0 amide bonds. The van der Waals surface area contributed by atoms with Gasteiger partial charge in [-0.15, -0.1) is 0 Å². The summed E-state index contributed by atoms with van der Waals surface area (Å²) >= 11 is 3.80. The second-order valence-electron chi connectivity index (χ2n) is 7.54. The Morgan fingerprint density at radius 2 is 1.96 bits per heavy atom. The van der Waals surface area contributed by atoms with E-state index in [4.69, 9.17) is 4.74 Å². The van der Waals surface area contributed by atoms with Crippen molar-refractivity contribution in [3.8, 4) is 5.75 Å². The van der Waals surface area contributed by atoms with Crippen LogP contribution in [0.2, 0.25) is 0 Å². The maximum atomic E-state index is 11.1. The monoisotopic (exact) mass is 378 g/mol. The summed E-state index contributed by atoms with van der Waals surface area (Å²) < 4.78 is 7.07. The molecule has 0 aliphatic heterocycles. The van der Waals surface area contributed by atoms with E-state index < -0.39 is 0 Å². The lowest BCUT2D eigenvalue weighted by atomic mass is 9.71. The Morgan fingerprint density at radius 3 is 2.48 bits per heavy atom. The van der Waals surface area contributed by atoms with Gasteiger partial charge in [-0.25, -0.2) is 0 Å². The van der Waals surface area contributed by atoms with Gasteiger partial charge in [-0.1, -0.05) is 33.8 Å². The van der Waals surface area contributed by atoms with Crippen LogP contribution in [0.15, 0.2) is 16.6 Å². The average Bonchev–Trinajstić information content (AvgIpc) is 2.41. The third-order valence-electron chi connectivity index (χ3n) is 4.40. The van der Waals surface area contributed by atoms with Crippen LogP contribution in [0.5, 0.6) is 5.75 Å². The molecule has 1 aliphatic carbocycles. The summed E-state index contributed by atoms with van der Waals surface area (Å²) in [6, 6.07) is 2.17. The second-order valence-corrected chi connectivity index (χ2v) is 8.33. The third kappa shape index (κ3) is 3.55. The summed E-state index contributed by atoms with van der Waals surface area (Å²) in [6.45, 7) is 13.0. The molecular weight excluding hydrogens is 352 g/mol. The van der Waals surface area contributed by atoms with Gasteiger partial charge in [0.1, 0.15) is 12.0 Å². The number of carbonyl (C=O) groups is 1. The smallest absolute Gasteiger partial charge is 0.137 e. The van der Waals surface area contributed by atoms with E-state index in [2.05, 4.69) is 55.8 Å². The number of rotatable bonds is 5. The Hall–Kier alpha value is -1.09. The molecule has 1 aliphatic rings. The molecule has 0 heterocycles. The maximum Gasteiger partial charge on any atom is 0.137 e. The van der Waals surface area contributed by atoms with Crippen molar-refractivity contribution in [1.29, 1.82) is 0 Å². The molecule has 0 aromatic heterocycles. The first-order chi connectivity index (χ1) is 10.7. The molecule has 2 nitrogen and oxygen atoms in total. The SMILES string of the molecule is CC(C)Oc1c(CC=O)cc2c(c1Br)C(C)(C)CC=C2C(C)C. The summed E-state index contributed by atoms with van der Waals surface area (Å²) in [7, 11) is 0. The van der Waals surface area contributed by atoms with Gasteiger partial charge in [-0.05, 0) is 70.3 Å². The van der Waals surface area contributed by atoms with E-state index in [0.29, 0.717) is 12.3 Å². The Bertz CT molecular complexity index is 640. The van der Waals surface area contributed by atoms with E-state index in [-0.39, 0.29) is 11.5 Å². The Morgan fingerprint density at radius 1 is 1.30 bits per heavy atom. The zero-order chi connectivity index (χ0) is 17.4. The highest BCUT2D eigenvalue weighted by atomic mass is 79.9. The van der Waals surface area contributed by atoms with E-state index >= 15 is 0 Å². The summed E-state index contributed by atoms with van der Waals surface area (Å²) in [4.78, 5) is 11.1. The lowest BCUT2D eigenvalue weighted by Gasteiger charge is -2.36. The molecule has 0 N–H and O–H groups in total. The number of halogens is 1. The number of fused-ring (bicyclic) bond motifs is 1. The normalized spacial score (nSPS) is 16.3. The molecule has 0 saturated heterocycles. The van der Waals surface area contributed by atoms with Gasteiger partial charge in [0.2, 0.25) is 0 Å². The Balaban J connectivity index is 2.76. The minimum absolute atomic E-state index is 0.0430. The molecule has 0 saturated carbocycles. The van der Waals surface area contributed by atoms with Crippen LogP contribution in [0.1, 0.15) is 64.7 Å². The molecule has 1 aromatic carbocycles. The molecule has 23 heavy (non-hydrogen) atoms. The second kappa shape index (κ2) is 6.80. The van der Waals surface area contributed by atoms with E-state index in [0.717, 1.165) is 28.5 Å². The first kappa shape index (κ1) is 18.3. The average molecular weight is 379 g/mol. The van der Waals surface area contributed by atoms with Crippen LogP contribution in [0.25, 0.3) is 5.57 Å². The van der Waals surface area contributed by atoms with Crippen LogP contribution in [0.3, 0.4) is 0 Å². The molecule has 2 rings (SSSR count). The van der Waals surface area contributed by atoms with Crippen LogP contribution in [0, 0.1) is 5.92 Å². The summed E-state index contributed by atoms with van der Waals surface area (Å²) in [5, 5.41) is 0. The van der Waals surface area contributed by atoms with Crippen molar-refractivity contribution in [3.63, 3.8) is 0 Å². The largest absolute Gasteiger partial charge is 0.490 e. The molecule has 0 unspecified atom stereocenters. The highest BCUT2D eigenvalue weighted by Crippen LogP contribution is 2.49. The van der Waals surface area contributed by atoms with Crippen LogP contribution >= 0.6 is 15.9 Å². The number of ether oxygens (including phenoxy) is 1. The minimum atomic E-state index is 0.0430. The van der Waals surface area contributed by atoms with Crippen molar-refractivity contribution in [3.05, 3.63) is 33.3 Å². The minimum Gasteiger partial charge on any atom is -0.490 e. The number of hydrogen-bond acceptors (Lipinski definition) is 2. The predicted octanol–water partition coefficient (Wildman–Crippen LogP) is 5.70. The lowest BCUT2D eigenvalue weighted by molar-refractivity contribution is -0.107. The zero-order valence-corrected chi connectivity index (χ0v) is 16.6. The van der Waals surface area contributed by atoms with Gasteiger partial charge in [0.25, 0.3) is 0 Å². The van der Waals surface area contributed by atoms with Gasteiger partial charge in [-0.3, -0.25) is 0 Å². The number of allylic oxidation sites excluding steroid dienone is 2. The number of aldehydes is 1. The molecule has 3 heteroatoms. The Kier molecular flexibility index (Phi) is 5.40. The van der Waals surface area contributed by atoms with Gasteiger partial charge < -0.3 is 9.53 Å². The number of carbonyl (C=O) groups excluding carboxylic acids is 1. The van der Waals surface area contributed by atoms with Crippen molar-refractivity contribution in [2.24, 2.45) is 5.92 Å². The molecule has 126 valence electrons. The van der Waals surface area contributed by atoms with Gasteiger partial charge >= 0.3 is 0 Å². The van der Waals surface area contributed by atoms with Crippen LogP contribution in [-0.2, 0) is 16.6 Å². The van der Waals surface area contributed by atoms with E-state index in [1.165, 1.54) is 16.7 Å². The van der Waals surface area contributed by atoms with Crippen molar-refractivity contribution >= 4 is 27.8 Å².